The second-order valence-corrected chi connectivity index (χ2v) is 9.45. The first-order valence-corrected chi connectivity index (χ1v) is 11.3. The van der Waals surface area contributed by atoms with E-state index in [-0.39, 0.29) is 5.91 Å². The number of carbonyl (C=O) groups is 2. The number of carbonyl (C=O) groups excluding carboxylic acids is 2. The number of aromatic nitrogens is 4. The Morgan fingerprint density at radius 2 is 1.82 bits per heavy atom. The minimum atomic E-state index is -0.622. The Balaban J connectivity index is 1.55. The Labute approximate surface area is 202 Å². The van der Waals surface area contributed by atoms with Gasteiger partial charge in [-0.25, -0.2) is 4.79 Å². The molecule has 9 heteroatoms. The van der Waals surface area contributed by atoms with Crippen LogP contribution in [-0.4, -0.2) is 43.7 Å². The normalized spacial score (nSPS) is 11.6. The van der Waals surface area contributed by atoms with Gasteiger partial charge in [-0.2, -0.15) is 15.0 Å². The van der Waals surface area contributed by atoms with Crippen molar-refractivity contribution in [1.29, 1.82) is 0 Å². The molecule has 0 aliphatic rings. The number of hydrogen-bond donors (Lipinski definition) is 1. The molecule has 2 heterocycles. The molecule has 0 radical (unpaired) electrons. The van der Waals surface area contributed by atoms with Crippen LogP contribution < -0.4 is 5.32 Å². The lowest BCUT2D eigenvalue weighted by Crippen LogP contribution is -2.27. The monoisotopic (exact) mass is 479 g/mol. The van der Waals surface area contributed by atoms with E-state index in [0.717, 1.165) is 16.5 Å². The summed E-state index contributed by atoms with van der Waals surface area (Å²) < 4.78 is 7.03. The van der Waals surface area contributed by atoms with Crippen molar-refractivity contribution >= 4 is 34.5 Å². The van der Waals surface area contributed by atoms with Gasteiger partial charge in [0.2, 0.25) is 0 Å². The van der Waals surface area contributed by atoms with E-state index in [9.17, 15) is 9.59 Å². The van der Waals surface area contributed by atoms with Crippen molar-refractivity contribution in [2.45, 2.75) is 39.7 Å². The third-order valence-corrected chi connectivity index (χ3v) is 5.39. The molecule has 0 unspecified atom stereocenters. The van der Waals surface area contributed by atoms with Gasteiger partial charge in [-0.05, 0) is 70.0 Å². The van der Waals surface area contributed by atoms with Crippen LogP contribution in [-0.2, 0) is 11.2 Å². The van der Waals surface area contributed by atoms with Crippen LogP contribution in [0.5, 0.6) is 0 Å². The van der Waals surface area contributed by atoms with Crippen molar-refractivity contribution in [3.05, 3.63) is 76.7 Å². The maximum atomic E-state index is 13.0. The summed E-state index contributed by atoms with van der Waals surface area (Å²) >= 11 is 6.22. The van der Waals surface area contributed by atoms with Gasteiger partial charge >= 0.3 is 6.09 Å². The Hall–Kier alpha value is -3.65. The Morgan fingerprint density at radius 3 is 2.53 bits per heavy atom. The summed E-state index contributed by atoms with van der Waals surface area (Å²) in [5, 5.41) is 12.7. The molecular formula is C25H26ClN5O3. The second kappa shape index (κ2) is 9.30. The van der Waals surface area contributed by atoms with Crippen molar-refractivity contribution in [1.82, 2.24) is 24.9 Å². The number of nitrogens with zero attached hydrogens (tertiary/aromatic N) is 4. The van der Waals surface area contributed by atoms with Gasteiger partial charge in [-0.15, -0.1) is 0 Å². The maximum absolute atomic E-state index is 13.0. The number of halogens is 1. The van der Waals surface area contributed by atoms with Gasteiger partial charge in [0, 0.05) is 23.2 Å². The highest BCUT2D eigenvalue weighted by Crippen LogP contribution is 2.26. The minimum Gasteiger partial charge on any atom is -0.443 e. The van der Waals surface area contributed by atoms with E-state index in [1.807, 2.05) is 52.0 Å². The molecular weight excluding hydrogens is 454 g/mol. The van der Waals surface area contributed by atoms with Crippen LogP contribution in [0, 0.1) is 6.92 Å². The van der Waals surface area contributed by atoms with E-state index in [0.29, 0.717) is 34.8 Å². The third kappa shape index (κ3) is 5.12. The number of fused-ring (bicyclic) bond motifs is 1. The zero-order valence-corrected chi connectivity index (χ0v) is 20.3. The smallest absolute Gasteiger partial charge is 0.419 e. The van der Waals surface area contributed by atoms with Crippen molar-refractivity contribution < 1.29 is 14.3 Å². The molecule has 176 valence electrons. The molecule has 0 bridgehead atoms. The molecule has 8 nitrogen and oxygen atoms in total. The van der Waals surface area contributed by atoms with E-state index in [2.05, 4.69) is 15.5 Å². The van der Waals surface area contributed by atoms with Crippen LogP contribution in [0.2, 0.25) is 5.02 Å². The van der Waals surface area contributed by atoms with E-state index in [1.54, 1.807) is 30.7 Å². The summed E-state index contributed by atoms with van der Waals surface area (Å²) in [6.07, 6.45) is 4.90. The van der Waals surface area contributed by atoms with Crippen molar-refractivity contribution in [3.8, 4) is 5.69 Å². The molecule has 4 rings (SSSR count). The number of rotatable bonds is 5. The molecule has 0 saturated carbocycles. The topological polar surface area (TPSA) is 91.0 Å². The van der Waals surface area contributed by atoms with Crippen molar-refractivity contribution in [2.24, 2.45) is 0 Å². The maximum Gasteiger partial charge on any atom is 0.419 e. The average Bonchev–Trinajstić information content (AvgIpc) is 3.41. The van der Waals surface area contributed by atoms with E-state index in [1.165, 1.54) is 9.36 Å². The van der Waals surface area contributed by atoms with Crippen LogP contribution in [0.1, 0.15) is 42.3 Å². The highest BCUT2D eigenvalue weighted by atomic mass is 35.5. The fraction of sp³-hybridized carbons (Fsp3) is 0.280. The Bertz CT molecular complexity index is 1350. The molecule has 0 spiro atoms. The van der Waals surface area contributed by atoms with Gasteiger partial charge in [-0.3, -0.25) is 9.36 Å². The van der Waals surface area contributed by atoms with Gasteiger partial charge in [-0.1, -0.05) is 23.2 Å². The van der Waals surface area contributed by atoms with Gasteiger partial charge < -0.3 is 10.1 Å². The van der Waals surface area contributed by atoms with Crippen LogP contribution in [0.25, 0.3) is 16.6 Å². The average molecular weight is 480 g/mol. The van der Waals surface area contributed by atoms with Crippen molar-refractivity contribution in [3.63, 3.8) is 0 Å². The minimum absolute atomic E-state index is 0.232. The lowest BCUT2D eigenvalue weighted by atomic mass is 10.1. The predicted octanol–water partition coefficient (Wildman–Crippen LogP) is 4.94. The first-order chi connectivity index (χ1) is 16.1. The summed E-state index contributed by atoms with van der Waals surface area (Å²) in [5.41, 5.74) is 2.99. The largest absolute Gasteiger partial charge is 0.443 e. The molecule has 1 N–H and O–H groups in total. The SMILES string of the molecule is Cc1ccc(-n2nccn2)c(C(=O)NCCc2cn(C(=O)OC(C)(C)C)c3ccc(Cl)cc23)c1. The molecule has 0 atom stereocenters. The zero-order chi connectivity index (χ0) is 24.5. The van der Waals surface area contributed by atoms with E-state index in [4.69, 9.17) is 16.3 Å². The van der Waals surface area contributed by atoms with Gasteiger partial charge in [0.1, 0.15) is 5.60 Å². The number of ether oxygens (including phenoxy) is 1. The number of nitrogens with one attached hydrogen (secondary N) is 1. The number of hydrogen-bond acceptors (Lipinski definition) is 5. The molecule has 0 saturated heterocycles. The third-order valence-electron chi connectivity index (χ3n) is 5.15. The molecule has 34 heavy (non-hydrogen) atoms. The summed E-state index contributed by atoms with van der Waals surface area (Å²) in [5.74, 6) is -0.232. The standard InChI is InChI=1S/C25H26ClN5O3/c1-16-5-7-22(31-28-11-12-29-31)20(13-16)23(32)27-10-9-17-15-30(24(33)34-25(2,3)4)21-8-6-18(26)14-19(17)21/h5-8,11-15H,9-10H2,1-4H3,(H,27,32). The number of benzene rings is 2. The molecule has 4 aromatic rings. The fourth-order valence-electron chi connectivity index (χ4n) is 3.68. The second-order valence-electron chi connectivity index (χ2n) is 9.01. The van der Waals surface area contributed by atoms with Crippen molar-refractivity contribution in [2.75, 3.05) is 6.54 Å². The summed E-state index contributed by atoms with van der Waals surface area (Å²) in [6.45, 7) is 7.75. The number of amides is 1. The quantitative estimate of drug-likeness (QED) is 0.437. The molecule has 0 fully saturated rings. The highest BCUT2D eigenvalue weighted by molar-refractivity contribution is 6.31. The van der Waals surface area contributed by atoms with E-state index >= 15 is 0 Å². The molecule has 2 aromatic heterocycles. The first-order valence-electron chi connectivity index (χ1n) is 10.9. The molecule has 2 aromatic carbocycles. The lowest BCUT2D eigenvalue weighted by Gasteiger charge is -2.19. The summed E-state index contributed by atoms with van der Waals surface area (Å²) in [4.78, 5) is 27.2. The highest BCUT2D eigenvalue weighted by Gasteiger charge is 2.21. The summed E-state index contributed by atoms with van der Waals surface area (Å²) in [7, 11) is 0. The first kappa shape index (κ1) is 23.5. The van der Waals surface area contributed by atoms with Crippen LogP contribution in [0.3, 0.4) is 0 Å². The van der Waals surface area contributed by atoms with Gasteiger partial charge in [0.25, 0.3) is 5.91 Å². The summed E-state index contributed by atoms with van der Waals surface area (Å²) in [6, 6.07) is 10.9. The number of aryl methyl sites for hydroxylation is 1. The Morgan fingerprint density at radius 1 is 1.09 bits per heavy atom. The fourth-order valence-corrected chi connectivity index (χ4v) is 3.86. The van der Waals surface area contributed by atoms with E-state index < -0.39 is 11.7 Å². The van der Waals surface area contributed by atoms with Crippen LogP contribution in [0.4, 0.5) is 4.79 Å². The van der Waals surface area contributed by atoms with Crippen LogP contribution >= 0.6 is 11.6 Å². The van der Waals surface area contributed by atoms with Crippen LogP contribution in [0.15, 0.2) is 55.0 Å². The molecule has 0 aliphatic carbocycles. The zero-order valence-electron chi connectivity index (χ0n) is 19.5. The van der Waals surface area contributed by atoms with Gasteiger partial charge in [0.05, 0.1) is 29.2 Å². The molecule has 0 aliphatic heterocycles. The predicted molar refractivity (Wildman–Crippen MR) is 131 cm³/mol. The van der Waals surface area contributed by atoms with Gasteiger partial charge in [0.15, 0.2) is 0 Å². The Kier molecular flexibility index (Phi) is 6.43. The lowest BCUT2D eigenvalue weighted by molar-refractivity contribution is 0.0544. The molecule has 1 amide bonds.